The van der Waals surface area contributed by atoms with Crippen LogP contribution in [0.1, 0.15) is 44.4 Å². The summed E-state index contributed by atoms with van der Waals surface area (Å²) in [6.07, 6.45) is 0.674. The predicted molar refractivity (Wildman–Crippen MR) is 121 cm³/mol. The van der Waals surface area contributed by atoms with Crippen molar-refractivity contribution in [1.29, 1.82) is 0 Å². The zero-order chi connectivity index (χ0) is 22.8. The second-order valence-electron chi connectivity index (χ2n) is 7.35. The Bertz CT molecular complexity index is 1160. The number of halogens is 2. The maximum atomic E-state index is 13.3. The number of hydrogen-bond acceptors (Lipinski definition) is 5. The second-order valence-corrected chi connectivity index (χ2v) is 8.19. The summed E-state index contributed by atoms with van der Waals surface area (Å²) in [4.78, 5) is 26.9. The summed E-state index contributed by atoms with van der Waals surface area (Å²) < 4.78 is 9.96. The Kier molecular flexibility index (Phi) is 6.50. The van der Waals surface area contributed by atoms with Crippen LogP contribution >= 0.6 is 23.2 Å². The predicted octanol–water partition coefficient (Wildman–Crippen LogP) is 4.75. The van der Waals surface area contributed by atoms with Crippen LogP contribution in [0.4, 0.5) is 0 Å². The molecule has 1 N–H and O–H groups in total. The lowest BCUT2D eigenvalue weighted by atomic mass is 9.95. The number of amides is 1. The van der Waals surface area contributed by atoms with Crippen molar-refractivity contribution >= 4 is 35.1 Å². The van der Waals surface area contributed by atoms with E-state index < -0.39 is 12.0 Å². The van der Waals surface area contributed by atoms with Crippen LogP contribution in [0.5, 0.6) is 0 Å². The number of nitrogens with one attached hydrogen (secondary N) is 1. The monoisotopic (exact) mass is 473 g/mol. The molecule has 1 aliphatic rings. The lowest BCUT2D eigenvalue weighted by Gasteiger charge is -2.26. The van der Waals surface area contributed by atoms with Crippen LogP contribution in [-0.4, -0.2) is 54.3 Å². The third-order valence-electron chi connectivity index (χ3n) is 5.45. The summed E-state index contributed by atoms with van der Waals surface area (Å²) in [6, 6.07) is 11.8. The molecule has 1 atom stereocenters. The van der Waals surface area contributed by atoms with Gasteiger partial charge in [-0.2, -0.15) is 5.10 Å². The van der Waals surface area contributed by atoms with E-state index in [-0.39, 0.29) is 5.91 Å². The standard InChI is InChI=1S/C23H21Cl2N3O4/c1-31-11-3-10-28-21(13-4-6-14(7-5-13)23(30)32-2)18-19(26-27-20(18)22(28)29)16-9-8-15(24)12-17(16)25/h4-9,12,21H,3,10-11H2,1-2H3,(H,26,27). The van der Waals surface area contributed by atoms with E-state index in [1.54, 1.807) is 42.3 Å². The molecular formula is C23H21Cl2N3O4. The maximum absolute atomic E-state index is 13.3. The van der Waals surface area contributed by atoms with Crippen LogP contribution in [0.25, 0.3) is 11.3 Å². The smallest absolute Gasteiger partial charge is 0.337 e. The minimum Gasteiger partial charge on any atom is -0.465 e. The molecule has 0 spiro atoms. The van der Waals surface area contributed by atoms with Gasteiger partial charge in [0.15, 0.2) is 0 Å². The maximum Gasteiger partial charge on any atom is 0.337 e. The van der Waals surface area contributed by atoms with Gasteiger partial charge < -0.3 is 14.4 Å². The average molecular weight is 474 g/mol. The fraction of sp³-hybridized carbons (Fsp3) is 0.261. The van der Waals surface area contributed by atoms with Crippen molar-refractivity contribution in [3.05, 3.63) is 74.9 Å². The zero-order valence-corrected chi connectivity index (χ0v) is 19.0. The average Bonchev–Trinajstić information content (AvgIpc) is 3.33. The Labute approximate surface area is 195 Å². The van der Waals surface area contributed by atoms with Gasteiger partial charge in [-0.15, -0.1) is 0 Å². The number of fused-ring (bicyclic) bond motifs is 1. The van der Waals surface area contributed by atoms with E-state index >= 15 is 0 Å². The van der Waals surface area contributed by atoms with Gasteiger partial charge in [-0.1, -0.05) is 35.3 Å². The molecule has 0 saturated heterocycles. The number of benzene rings is 2. The van der Waals surface area contributed by atoms with Crippen LogP contribution in [0, 0.1) is 0 Å². The first-order valence-corrected chi connectivity index (χ1v) is 10.7. The van der Waals surface area contributed by atoms with E-state index in [0.29, 0.717) is 52.1 Å². The molecule has 4 rings (SSSR count). The number of nitrogens with zero attached hydrogens (tertiary/aromatic N) is 2. The highest BCUT2D eigenvalue weighted by atomic mass is 35.5. The highest BCUT2D eigenvalue weighted by molar-refractivity contribution is 6.36. The summed E-state index contributed by atoms with van der Waals surface area (Å²) >= 11 is 12.5. The number of H-pyrrole nitrogens is 1. The zero-order valence-electron chi connectivity index (χ0n) is 17.5. The number of methoxy groups -OCH3 is 2. The Hall–Kier alpha value is -2.87. The van der Waals surface area contributed by atoms with Crippen LogP contribution in [0.3, 0.4) is 0 Å². The first kappa shape index (κ1) is 22.3. The van der Waals surface area contributed by atoms with Crippen LogP contribution in [0.15, 0.2) is 42.5 Å². The topological polar surface area (TPSA) is 84.5 Å². The van der Waals surface area contributed by atoms with Crippen molar-refractivity contribution in [3.63, 3.8) is 0 Å². The van der Waals surface area contributed by atoms with Gasteiger partial charge in [-0.25, -0.2) is 4.79 Å². The van der Waals surface area contributed by atoms with Crippen LogP contribution < -0.4 is 0 Å². The lowest BCUT2D eigenvalue weighted by Crippen LogP contribution is -2.31. The van der Waals surface area contributed by atoms with Crippen molar-refractivity contribution in [2.24, 2.45) is 0 Å². The highest BCUT2D eigenvalue weighted by Gasteiger charge is 2.42. The lowest BCUT2D eigenvalue weighted by molar-refractivity contribution is 0.0599. The molecule has 2 heterocycles. The minimum atomic E-state index is -0.423. The summed E-state index contributed by atoms with van der Waals surface area (Å²) in [7, 11) is 2.96. The molecular weight excluding hydrogens is 453 g/mol. The van der Waals surface area contributed by atoms with Gasteiger partial charge in [-0.05, 0) is 42.3 Å². The Morgan fingerprint density at radius 3 is 2.56 bits per heavy atom. The number of rotatable bonds is 7. The van der Waals surface area contributed by atoms with E-state index in [2.05, 4.69) is 10.2 Å². The molecule has 2 aromatic carbocycles. The van der Waals surface area contributed by atoms with E-state index in [9.17, 15) is 9.59 Å². The van der Waals surface area contributed by atoms with Crippen molar-refractivity contribution in [2.45, 2.75) is 12.5 Å². The molecule has 0 saturated carbocycles. The molecule has 0 aliphatic carbocycles. The Balaban J connectivity index is 1.81. The number of esters is 1. The molecule has 32 heavy (non-hydrogen) atoms. The van der Waals surface area contributed by atoms with Crippen LogP contribution in [-0.2, 0) is 9.47 Å². The van der Waals surface area contributed by atoms with Gasteiger partial charge in [0.25, 0.3) is 5.91 Å². The van der Waals surface area contributed by atoms with Crippen LogP contribution in [0.2, 0.25) is 10.0 Å². The summed E-state index contributed by atoms with van der Waals surface area (Å²) in [5.41, 5.74) is 3.70. The number of ether oxygens (including phenoxy) is 2. The molecule has 166 valence electrons. The second kappa shape index (κ2) is 9.32. The fourth-order valence-electron chi connectivity index (χ4n) is 3.96. The van der Waals surface area contributed by atoms with Crippen molar-refractivity contribution in [2.75, 3.05) is 27.4 Å². The van der Waals surface area contributed by atoms with Gasteiger partial charge in [0, 0.05) is 36.4 Å². The van der Waals surface area contributed by atoms with E-state index in [0.717, 1.165) is 11.1 Å². The number of aromatic amines is 1. The van der Waals surface area contributed by atoms with Gasteiger partial charge in [0.1, 0.15) is 11.4 Å². The normalized spacial score (nSPS) is 15.2. The van der Waals surface area contributed by atoms with Crippen molar-refractivity contribution in [3.8, 4) is 11.3 Å². The summed E-state index contributed by atoms with van der Waals surface area (Å²) in [5.74, 6) is -0.574. The van der Waals surface area contributed by atoms with E-state index in [1.807, 2.05) is 12.1 Å². The Morgan fingerprint density at radius 2 is 1.91 bits per heavy atom. The highest BCUT2D eigenvalue weighted by Crippen LogP contribution is 2.44. The van der Waals surface area contributed by atoms with E-state index in [4.69, 9.17) is 32.7 Å². The SMILES string of the molecule is COCCCN1C(=O)c2[nH]nc(-c3ccc(Cl)cc3Cl)c2C1c1ccc(C(=O)OC)cc1. The van der Waals surface area contributed by atoms with Gasteiger partial charge >= 0.3 is 5.97 Å². The van der Waals surface area contributed by atoms with Gasteiger partial charge in [-0.3, -0.25) is 9.89 Å². The number of hydrogen-bond donors (Lipinski definition) is 1. The molecule has 9 heteroatoms. The van der Waals surface area contributed by atoms with Gasteiger partial charge in [0.05, 0.1) is 23.7 Å². The van der Waals surface area contributed by atoms with E-state index in [1.165, 1.54) is 7.11 Å². The number of carbonyl (C=O) groups excluding carboxylic acids is 2. The molecule has 1 aromatic heterocycles. The molecule has 1 unspecified atom stereocenters. The Morgan fingerprint density at radius 1 is 1.16 bits per heavy atom. The molecule has 7 nitrogen and oxygen atoms in total. The van der Waals surface area contributed by atoms with Gasteiger partial charge in [0.2, 0.25) is 0 Å². The number of carbonyl (C=O) groups is 2. The third-order valence-corrected chi connectivity index (χ3v) is 5.99. The molecule has 1 aliphatic heterocycles. The van der Waals surface area contributed by atoms with Crippen molar-refractivity contribution in [1.82, 2.24) is 15.1 Å². The van der Waals surface area contributed by atoms with Crippen molar-refractivity contribution < 1.29 is 19.1 Å². The minimum absolute atomic E-state index is 0.151. The fourth-order valence-corrected chi connectivity index (χ4v) is 4.46. The summed E-state index contributed by atoms with van der Waals surface area (Å²) in [5, 5.41) is 8.27. The molecule has 0 fully saturated rings. The first-order valence-electron chi connectivity index (χ1n) is 9.98. The largest absolute Gasteiger partial charge is 0.465 e. The number of aromatic nitrogens is 2. The summed E-state index contributed by atoms with van der Waals surface area (Å²) in [6.45, 7) is 1.02. The molecule has 0 bridgehead atoms. The quantitative estimate of drug-likeness (QED) is 0.395. The molecule has 1 amide bonds. The molecule has 0 radical (unpaired) electrons. The first-order chi connectivity index (χ1) is 15.5. The molecule has 3 aromatic rings. The third kappa shape index (κ3) is 3.99.